The summed E-state index contributed by atoms with van der Waals surface area (Å²) >= 11 is 11.4. The van der Waals surface area contributed by atoms with Crippen LogP contribution in [0.5, 0.6) is 5.75 Å². The molecule has 0 atom stereocenters. The smallest absolute Gasteiger partial charge is 0.255 e. The summed E-state index contributed by atoms with van der Waals surface area (Å²) in [5.41, 5.74) is 4.30. The SMILES string of the molecule is COc1cccc(-c2cc(C(=O)N3CCN(C(=O)C(Cl)Cl)CC3)c(C)n2-c2ccccc2)c1. The largest absolute Gasteiger partial charge is 0.497 e. The molecular weight excluding hydrogens is 461 g/mol. The van der Waals surface area contributed by atoms with Crippen molar-refractivity contribution in [3.8, 4) is 22.7 Å². The molecule has 1 fully saturated rings. The Morgan fingerprint density at radius 1 is 0.909 bits per heavy atom. The van der Waals surface area contributed by atoms with Gasteiger partial charge in [0.15, 0.2) is 4.84 Å². The van der Waals surface area contributed by atoms with E-state index in [1.54, 1.807) is 16.9 Å². The Hall–Kier alpha value is -2.96. The lowest BCUT2D eigenvalue weighted by molar-refractivity contribution is -0.130. The summed E-state index contributed by atoms with van der Waals surface area (Å²) in [4.78, 5) is 27.9. The molecule has 0 N–H and O–H groups in total. The summed E-state index contributed by atoms with van der Waals surface area (Å²) < 4.78 is 7.50. The van der Waals surface area contributed by atoms with Crippen LogP contribution in [0.1, 0.15) is 16.1 Å². The Kier molecular flexibility index (Phi) is 6.96. The highest BCUT2D eigenvalue weighted by Gasteiger charge is 2.29. The number of aromatic nitrogens is 1. The number of amides is 2. The van der Waals surface area contributed by atoms with Crippen molar-refractivity contribution in [1.82, 2.24) is 14.4 Å². The van der Waals surface area contributed by atoms with E-state index in [4.69, 9.17) is 27.9 Å². The summed E-state index contributed by atoms with van der Waals surface area (Å²) in [6.45, 7) is 3.61. The van der Waals surface area contributed by atoms with Crippen LogP contribution in [-0.2, 0) is 4.79 Å². The van der Waals surface area contributed by atoms with Gasteiger partial charge in [-0.15, -0.1) is 0 Å². The maximum Gasteiger partial charge on any atom is 0.255 e. The molecule has 3 aromatic rings. The zero-order valence-corrected chi connectivity index (χ0v) is 20.0. The molecule has 2 amide bonds. The molecular formula is C25H25Cl2N3O3. The van der Waals surface area contributed by atoms with Crippen molar-refractivity contribution in [2.24, 2.45) is 0 Å². The molecule has 2 aromatic carbocycles. The highest BCUT2D eigenvalue weighted by atomic mass is 35.5. The van der Waals surface area contributed by atoms with Crippen LogP contribution >= 0.6 is 23.2 Å². The molecule has 0 aliphatic carbocycles. The van der Waals surface area contributed by atoms with Crippen LogP contribution < -0.4 is 4.74 Å². The van der Waals surface area contributed by atoms with Gasteiger partial charge in [-0.05, 0) is 37.3 Å². The zero-order valence-electron chi connectivity index (χ0n) is 18.5. The number of ether oxygens (including phenoxy) is 1. The van der Waals surface area contributed by atoms with Crippen LogP contribution in [0, 0.1) is 6.92 Å². The van der Waals surface area contributed by atoms with E-state index in [9.17, 15) is 9.59 Å². The number of alkyl halides is 2. The third-order valence-corrected chi connectivity index (χ3v) is 6.30. The topological polar surface area (TPSA) is 54.8 Å². The number of nitrogens with zero attached hydrogens (tertiary/aromatic N) is 3. The number of methoxy groups -OCH3 is 1. The second-order valence-electron chi connectivity index (χ2n) is 7.85. The van der Waals surface area contributed by atoms with Crippen molar-refractivity contribution < 1.29 is 14.3 Å². The summed E-state index contributed by atoms with van der Waals surface area (Å²) in [6.07, 6.45) is 0. The molecule has 0 radical (unpaired) electrons. The fraction of sp³-hybridized carbons (Fsp3) is 0.280. The predicted octanol–water partition coefficient (Wildman–Crippen LogP) is 4.55. The fourth-order valence-corrected chi connectivity index (χ4v) is 4.44. The predicted molar refractivity (Wildman–Crippen MR) is 130 cm³/mol. The Balaban J connectivity index is 1.69. The summed E-state index contributed by atoms with van der Waals surface area (Å²) in [7, 11) is 1.64. The van der Waals surface area contributed by atoms with Crippen LogP contribution in [0.3, 0.4) is 0 Å². The lowest BCUT2D eigenvalue weighted by Crippen LogP contribution is -2.51. The molecule has 0 bridgehead atoms. The van der Waals surface area contributed by atoms with Gasteiger partial charge in [0.25, 0.3) is 11.8 Å². The minimum absolute atomic E-state index is 0.0632. The maximum absolute atomic E-state index is 13.5. The quantitative estimate of drug-likeness (QED) is 0.498. The first-order valence-corrected chi connectivity index (χ1v) is 11.6. The number of carbonyl (C=O) groups excluding carboxylic acids is 2. The Morgan fingerprint density at radius 3 is 2.21 bits per heavy atom. The third kappa shape index (κ3) is 4.72. The summed E-state index contributed by atoms with van der Waals surface area (Å²) in [5, 5.41) is 0. The van der Waals surface area contributed by atoms with Gasteiger partial charge in [0.1, 0.15) is 5.75 Å². The van der Waals surface area contributed by atoms with Crippen molar-refractivity contribution in [2.75, 3.05) is 33.3 Å². The minimum atomic E-state index is -1.08. The maximum atomic E-state index is 13.5. The van der Waals surface area contributed by atoms with Crippen LogP contribution in [0.25, 0.3) is 16.9 Å². The lowest BCUT2D eigenvalue weighted by atomic mass is 10.1. The van der Waals surface area contributed by atoms with Gasteiger partial charge in [0.2, 0.25) is 0 Å². The number of para-hydroxylation sites is 1. The van der Waals surface area contributed by atoms with Gasteiger partial charge < -0.3 is 19.1 Å². The number of rotatable bonds is 5. The second kappa shape index (κ2) is 9.89. The van der Waals surface area contributed by atoms with E-state index in [1.165, 1.54) is 0 Å². The fourth-order valence-electron chi connectivity index (χ4n) is 4.17. The second-order valence-corrected chi connectivity index (χ2v) is 8.95. The first-order chi connectivity index (χ1) is 15.9. The highest BCUT2D eigenvalue weighted by molar-refractivity contribution is 6.53. The Labute approximate surface area is 203 Å². The van der Waals surface area contributed by atoms with Gasteiger partial charge >= 0.3 is 0 Å². The molecule has 33 heavy (non-hydrogen) atoms. The number of hydrogen-bond acceptors (Lipinski definition) is 3. The highest BCUT2D eigenvalue weighted by Crippen LogP contribution is 2.32. The molecule has 172 valence electrons. The van der Waals surface area contributed by atoms with E-state index in [0.717, 1.165) is 28.4 Å². The minimum Gasteiger partial charge on any atom is -0.497 e. The van der Waals surface area contributed by atoms with Gasteiger partial charge in [-0.1, -0.05) is 53.5 Å². The van der Waals surface area contributed by atoms with Gasteiger partial charge in [0, 0.05) is 43.1 Å². The molecule has 2 heterocycles. The molecule has 0 unspecified atom stereocenters. The molecule has 6 nitrogen and oxygen atoms in total. The van der Waals surface area contributed by atoms with E-state index in [0.29, 0.717) is 31.7 Å². The van der Waals surface area contributed by atoms with E-state index >= 15 is 0 Å². The number of piperazine rings is 1. The normalized spacial score (nSPS) is 14.0. The summed E-state index contributed by atoms with van der Waals surface area (Å²) in [5.74, 6) is 0.361. The lowest BCUT2D eigenvalue weighted by Gasteiger charge is -2.35. The Bertz CT molecular complexity index is 1150. The van der Waals surface area contributed by atoms with E-state index in [2.05, 4.69) is 4.57 Å². The zero-order chi connectivity index (χ0) is 23.5. The molecule has 8 heteroatoms. The molecule has 0 spiro atoms. The van der Waals surface area contributed by atoms with Crippen LogP contribution in [0.15, 0.2) is 60.7 Å². The van der Waals surface area contributed by atoms with E-state index in [1.807, 2.05) is 67.6 Å². The van der Waals surface area contributed by atoms with Crippen LogP contribution in [-0.4, -0.2) is 64.3 Å². The van der Waals surface area contributed by atoms with Crippen molar-refractivity contribution in [1.29, 1.82) is 0 Å². The van der Waals surface area contributed by atoms with Gasteiger partial charge in [-0.3, -0.25) is 9.59 Å². The molecule has 1 saturated heterocycles. The average molecular weight is 486 g/mol. The molecule has 4 rings (SSSR count). The van der Waals surface area contributed by atoms with Crippen molar-refractivity contribution >= 4 is 35.0 Å². The summed E-state index contributed by atoms with van der Waals surface area (Å²) in [6, 6.07) is 19.7. The van der Waals surface area contributed by atoms with Gasteiger partial charge in [-0.2, -0.15) is 0 Å². The Morgan fingerprint density at radius 2 is 1.58 bits per heavy atom. The van der Waals surface area contributed by atoms with Crippen molar-refractivity contribution in [3.05, 3.63) is 71.9 Å². The first-order valence-electron chi connectivity index (χ1n) is 10.7. The van der Waals surface area contributed by atoms with Crippen LogP contribution in [0.2, 0.25) is 0 Å². The molecule has 0 saturated carbocycles. The molecule has 1 aliphatic heterocycles. The molecule has 1 aromatic heterocycles. The van der Waals surface area contributed by atoms with E-state index < -0.39 is 4.84 Å². The third-order valence-electron chi connectivity index (χ3n) is 5.92. The van der Waals surface area contributed by atoms with Crippen molar-refractivity contribution in [3.63, 3.8) is 0 Å². The number of hydrogen-bond donors (Lipinski definition) is 0. The first kappa shape index (κ1) is 23.2. The number of benzene rings is 2. The van der Waals surface area contributed by atoms with Gasteiger partial charge in [0.05, 0.1) is 18.4 Å². The van der Waals surface area contributed by atoms with Crippen LogP contribution in [0.4, 0.5) is 0 Å². The monoisotopic (exact) mass is 485 g/mol. The number of halogens is 2. The average Bonchev–Trinajstić information content (AvgIpc) is 3.20. The van der Waals surface area contributed by atoms with E-state index in [-0.39, 0.29) is 11.8 Å². The molecule has 1 aliphatic rings. The number of carbonyl (C=O) groups is 2. The van der Waals surface area contributed by atoms with Crippen molar-refractivity contribution in [2.45, 2.75) is 11.8 Å². The van der Waals surface area contributed by atoms with Gasteiger partial charge in [-0.25, -0.2) is 0 Å². The standard InChI is InChI=1S/C25H25Cl2N3O3/c1-17-21(24(31)28-11-13-29(14-12-28)25(32)23(26)27)16-22(18-7-6-10-20(15-18)33-2)30(17)19-8-4-3-5-9-19/h3-10,15-16,23H,11-14H2,1-2H3.